The summed E-state index contributed by atoms with van der Waals surface area (Å²) in [6.45, 7) is 3.21. The third-order valence-electron chi connectivity index (χ3n) is 3.24. The highest BCUT2D eigenvalue weighted by Gasteiger charge is 2.13. The number of nitrogens with one attached hydrogen (secondary N) is 1. The fourth-order valence-electron chi connectivity index (χ4n) is 1.94. The summed E-state index contributed by atoms with van der Waals surface area (Å²) in [5.74, 6) is -0.294. The molecule has 0 aliphatic carbocycles. The number of carbonyl (C=O) groups excluding carboxylic acids is 2. The van der Waals surface area contributed by atoms with Crippen LogP contribution in [-0.2, 0) is 4.79 Å². The van der Waals surface area contributed by atoms with E-state index in [1.807, 2.05) is 36.4 Å². The maximum Gasteiger partial charge on any atom is 0.255 e. The Bertz CT molecular complexity index is 673. The van der Waals surface area contributed by atoms with Crippen molar-refractivity contribution in [1.82, 2.24) is 5.32 Å². The van der Waals surface area contributed by atoms with Gasteiger partial charge in [0.25, 0.3) is 5.91 Å². The standard InChI is InChI=1S/C18H17NO2/c1-13(14(2)20)17(15-9-5-3-6-10-15)19-18(21)16-11-7-4-8-12-16/h3-12H,1-2H3,(H,19,21)/b17-13-. The van der Waals surface area contributed by atoms with Crippen molar-refractivity contribution in [2.75, 3.05) is 0 Å². The second kappa shape index (κ2) is 6.66. The Balaban J connectivity index is 2.37. The highest BCUT2D eigenvalue weighted by molar-refractivity contribution is 6.06. The highest BCUT2D eigenvalue weighted by Crippen LogP contribution is 2.17. The summed E-state index contributed by atoms with van der Waals surface area (Å²) in [6, 6.07) is 18.3. The van der Waals surface area contributed by atoms with Crippen LogP contribution in [0.5, 0.6) is 0 Å². The summed E-state index contributed by atoms with van der Waals surface area (Å²) in [6.07, 6.45) is 0. The van der Waals surface area contributed by atoms with E-state index in [2.05, 4.69) is 5.32 Å². The van der Waals surface area contributed by atoms with E-state index in [9.17, 15) is 9.59 Å². The summed E-state index contributed by atoms with van der Waals surface area (Å²) in [4.78, 5) is 24.0. The van der Waals surface area contributed by atoms with Crippen molar-refractivity contribution in [1.29, 1.82) is 0 Å². The van der Waals surface area contributed by atoms with Crippen molar-refractivity contribution in [3.8, 4) is 0 Å². The number of ketones is 1. The second-order valence-electron chi connectivity index (χ2n) is 4.74. The molecule has 0 aromatic heterocycles. The largest absolute Gasteiger partial charge is 0.321 e. The molecule has 2 aromatic carbocycles. The minimum Gasteiger partial charge on any atom is -0.321 e. The summed E-state index contributed by atoms with van der Waals surface area (Å²) in [5, 5.41) is 2.85. The number of hydrogen-bond donors (Lipinski definition) is 1. The first-order valence-corrected chi connectivity index (χ1v) is 6.73. The fourth-order valence-corrected chi connectivity index (χ4v) is 1.94. The summed E-state index contributed by atoms with van der Waals surface area (Å²) in [5.41, 5.74) is 2.46. The van der Waals surface area contributed by atoms with E-state index >= 15 is 0 Å². The van der Waals surface area contributed by atoms with Gasteiger partial charge in [0, 0.05) is 11.1 Å². The quantitative estimate of drug-likeness (QED) is 0.871. The Morgan fingerprint density at radius 3 is 1.71 bits per heavy atom. The summed E-state index contributed by atoms with van der Waals surface area (Å²) in [7, 11) is 0. The van der Waals surface area contributed by atoms with Crippen molar-refractivity contribution in [3.05, 3.63) is 77.4 Å². The van der Waals surface area contributed by atoms with E-state index in [4.69, 9.17) is 0 Å². The van der Waals surface area contributed by atoms with Crippen molar-refractivity contribution < 1.29 is 9.59 Å². The molecule has 2 rings (SSSR count). The van der Waals surface area contributed by atoms with Gasteiger partial charge in [-0.15, -0.1) is 0 Å². The zero-order valence-corrected chi connectivity index (χ0v) is 12.1. The lowest BCUT2D eigenvalue weighted by Crippen LogP contribution is -2.24. The van der Waals surface area contributed by atoms with Gasteiger partial charge in [-0.3, -0.25) is 9.59 Å². The molecular weight excluding hydrogens is 262 g/mol. The molecule has 0 atom stereocenters. The Morgan fingerprint density at radius 2 is 1.24 bits per heavy atom. The van der Waals surface area contributed by atoms with E-state index in [1.54, 1.807) is 31.2 Å². The normalized spacial score (nSPS) is 11.5. The van der Waals surface area contributed by atoms with E-state index < -0.39 is 0 Å². The van der Waals surface area contributed by atoms with Crippen LogP contribution in [0.2, 0.25) is 0 Å². The molecule has 3 nitrogen and oxygen atoms in total. The molecule has 0 aliphatic heterocycles. The fraction of sp³-hybridized carbons (Fsp3) is 0.111. The lowest BCUT2D eigenvalue weighted by atomic mass is 10.0. The number of benzene rings is 2. The van der Waals surface area contributed by atoms with Gasteiger partial charge in [0.1, 0.15) is 0 Å². The molecule has 3 heteroatoms. The average molecular weight is 279 g/mol. The molecule has 21 heavy (non-hydrogen) atoms. The zero-order valence-electron chi connectivity index (χ0n) is 12.1. The van der Waals surface area contributed by atoms with Gasteiger partial charge >= 0.3 is 0 Å². The van der Waals surface area contributed by atoms with Gasteiger partial charge in [-0.05, 0) is 31.5 Å². The topological polar surface area (TPSA) is 46.2 Å². The first-order valence-electron chi connectivity index (χ1n) is 6.73. The number of hydrogen-bond acceptors (Lipinski definition) is 2. The van der Waals surface area contributed by atoms with Gasteiger partial charge in [0.2, 0.25) is 0 Å². The van der Waals surface area contributed by atoms with Crippen molar-refractivity contribution >= 4 is 17.4 Å². The van der Waals surface area contributed by atoms with Crippen molar-refractivity contribution in [2.45, 2.75) is 13.8 Å². The smallest absolute Gasteiger partial charge is 0.255 e. The molecule has 2 aromatic rings. The first-order chi connectivity index (χ1) is 10.1. The van der Waals surface area contributed by atoms with Crippen LogP contribution in [-0.4, -0.2) is 11.7 Å². The molecule has 0 saturated heterocycles. The van der Waals surface area contributed by atoms with Gasteiger partial charge in [-0.2, -0.15) is 0 Å². The minimum absolute atomic E-state index is 0.0674. The molecule has 0 spiro atoms. The van der Waals surface area contributed by atoms with Crippen LogP contribution in [0.3, 0.4) is 0 Å². The van der Waals surface area contributed by atoms with Crippen LogP contribution in [0.4, 0.5) is 0 Å². The molecule has 0 fully saturated rings. The van der Waals surface area contributed by atoms with Gasteiger partial charge in [0.15, 0.2) is 5.78 Å². The second-order valence-corrected chi connectivity index (χ2v) is 4.74. The molecule has 106 valence electrons. The number of Topliss-reactive ketones (excluding diaryl/α,β-unsaturated/α-hetero) is 1. The predicted octanol–water partition coefficient (Wildman–Crippen LogP) is 3.44. The first kappa shape index (κ1) is 14.7. The van der Waals surface area contributed by atoms with Gasteiger partial charge in [0.05, 0.1) is 5.70 Å². The van der Waals surface area contributed by atoms with Crippen molar-refractivity contribution in [2.24, 2.45) is 0 Å². The maximum atomic E-state index is 12.3. The molecular formula is C18H17NO2. The Kier molecular flexibility index (Phi) is 4.67. The van der Waals surface area contributed by atoms with Crippen LogP contribution < -0.4 is 5.32 Å². The number of amides is 1. The Morgan fingerprint density at radius 1 is 0.762 bits per heavy atom. The van der Waals surface area contributed by atoms with E-state index in [0.29, 0.717) is 16.8 Å². The molecule has 1 N–H and O–H groups in total. The zero-order chi connectivity index (χ0) is 15.2. The highest BCUT2D eigenvalue weighted by atomic mass is 16.1. The Hall–Kier alpha value is -2.68. The summed E-state index contributed by atoms with van der Waals surface area (Å²) < 4.78 is 0. The predicted molar refractivity (Wildman–Crippen MR) is 83.6 cm³/mol. The lowest BCUT2D eigenvalue weighted by Gasteiger charge is -2.13. The monoisotopic (exact) mass is 279 g/mol. The van der Waals surface area contributed by atoms with E-state index in [0.717, 1.165) is 5.56 Å². The SMILES string of the molecule is CC(=O)/C(C)=C(\NC(=O)c1ccccc1)c1ccccc1. The van der Waals surface area contributed by atoms with Crippen LogP contribution >= 0.6 is 0 Å². The molecule has 0 aliphatic rings. The maximum absolute atomic E-state index is 12.3. The summed E-state index contributed by atoms with van der Waals surface area (Å²) >= 11 is 0. The third kappa shape index (κ3) is 3.66. The van der Waals surface area contributed by atoms with Gasteiger partial charge in [-0.1, -0.05) is 48.5 Å². The molecule has 1 amide bonds. The van der Waals surface area contributed by atoms with Crippen LogP contribution in [0.1, 0.15) is 29.8 Å². The van der Waals surface area contributed by atoms with Crippen LogP contribution in [0.25, 0.3) is 5.70 Å². The average Bonchev–Trinajstić information content (AvgIpc) is 2.53. The molecule has 0 bridgehead atoms. The number of carbonyl (C=O) groups is 2. The van der Waals surface area contributed by atoms with Gasteiger partial charge < -0.3 is 5.32 Å². The van der Waals surface area contributed by atoms with Gasteiger partial charge in [-0.25, -0.2) is 0 Å². The minimum atomic E-state index is -0.227. The van der Waals surface area contributed by atoms with Crippen LogP contribution in [0.15, 0.2) is 66.2 Å². The molecule has 0 saturated carbocycles. The van der Waals surface area contributed by atoms with Crippen molar-refractivity contribution in [3.63, 3.8) is 0 Å². The molecule has 0 heterocycles. The number of allylic oxidation sites excluding steroid dienone is 1. The van der Waals surface area contributed by atoms with Crippen LogP contribution in [0, 0.1) is 0 Å². The molecule has 0 unspecified atom stereocenters. The van der Waals surface area contributed by atoms with E-state index in [1.165, 1.54) is 6.92 Å². The number of rotatable bonds is 4. The lowest BCUT2D eigenvalue weighted by molar-refractivity contribution is -0.113. The van der Waals surface area contributed by atoms with E-state index in [-0.39, 0.29) is 11.7 Å². The Labute approximate surface area is 124 Å². The molecule has 0 radical (unpaired) electrons. The third-order valence-corrected chi connectivity index (χ3v) is 3.24.